The molecule has 2 aromatic carbocycles. The first-order valence-electron chi connectivity index (χ1n) is 8.97. The molecule has 140 valence electrons. The third-order valence-electron chi connectivity index (χ3n) is 4.67. The van der Waals surface area contributed by atoms with Crippen molar-refractivity contribution in [2.75, 3.05) is 28.9 Å². The van der Waals surface area contributed by atoms with E-state index in [0.717, 1.165) is 24.3 Å². The summed E-state index contributed by atoms with van der Waals surface area (Å²) in [6, 6.07) is 12.4. The first-order valence-corrected chi connectivity index (χ1v) is 8.97. The molecule has 2 aliphatic heterocycles. The molecule has 0 radical (unpaired) electrons. The predicted molar refractivity (Wildman–Crippen MR) is 102 cm³/mol. The number of hydrogen-bond acceptors (Lipinski definition) is 5. The van der Waals surface area contributed by atoms with Crippen molar-refractivity contribution in [3.8, 4) is 11.5 Å². The van der Waals surface area contributed by atoms with Crippen molar-refractivity contribution in [3.63, 3.8) is 0 Å². The summed E-state index contributed by atoms with van der Waals surface area (Å²) in [4.78, 5) is 26.0. The van der Waals surface area contributed by atoms with Gasteiger partial charge in [-0.3, -0.25) is 9.59 Å². The second-order valence-corrected chi connectivity index (χ2v) is 6.62. The van der Waals surface area contributed by atoms with Crippen molar-refractivity contribution < 1.29 is 19.1 Å². The average molecular weight is 367 g/mol. The number of fused-ring (bicyclic) bond motifs is 1. The summed E-state index contributed by atoms with van der Waals surface area (Å²) >= 11 is 0. The molecule has 1 atom stereocenters. The van der Waals surface area contributed by atoms with E-state index in [1.807, 2.05) is 24.3 Å². The minimum absolute atomic E-state index is 0.159. The molecule has 2 heterocycles. The molecule has 7 nitrogen and oxygen atoms in total. The average Bonchev–Trinajstić information content (AvgIpc) is 3.30. The molecule has 1 saturated heterocycles. The first kappa shape index (κ1) is 17.2. The number of anilines is 3. The van der Waals surface area contributed by atoms with E-state index in [-0.39, 0.29) is 18.6 Å². The SMILES string of the molecule is C[C@H](Nc1ccc(N2CCCC2=O)cc1)C(=O)Nc1ccc2c(c1)OCO2. The van der Waals surface area contributed by atoms with E-state index in [1.54, 1.807) is 30.0 Å². The van der Waals surface area contributed by atoms with Crippen molar-refractivity contribution in [3.05, 3.63) is 42.5 Å². The summed E-state index contributed by atoms with van der Waals surface area (Å²) in [5.41, 5.74) is 2.36. The van der Waals surface area contributed by atoms with Gasteiger partial charge in [-0.05, 0) is 49.7 Å². The normalized spacial score (nSPS) is 16.3. The Morgan fingerprint density at radius 3 is 2.56 bits per heavy atom. The summed E-state index contributed by atoms with van der Waals surface area (Å²) in [6.07, 6.45) is 1.51. The second kappa shape index (κ2) is 7.19. The molecule has 0 aromatic heterocycles. The molecule has 2 aliphatic rings. The van der Waals surface area contributed by atoms with E-state index in [1.165, 1.54) is 0 Å². The smallest absolute Gasteiger partial charge is 0.246 e. The van der Waals surface area contributed by atoms with E-state index in [0.29, 0.717) is 23.6 Å². The second-order valence-electron chi connectivity index (χ2n) is 6.62. The molecule has 0 aliphatic carbocycles. The molecular formula is C20H21N3O4. The van der Waals surface area contributed by atoms with Crippen molar-refractivity contribution >= 4 is 28.9 Å². The molecule has 2 N–H and O–H groups in total. The van der Waals surface area contributed by atoms with Gasteiger partial charge in [-0.1, -0.05) is 0 Å². The Labute approximate surface area is 157 Å². The minimum Gasteiger partial charge on any atom is -0.454 e. The van der Waals surface area contributed by atoms with Gasteiger partial charge in [0.15, 0.2) is 11.5 Å². The Morgan fingerprint density at radius 1 is 1.07 bits per heavy atom. The Hall–Kier alpha value is -3.22. The number of nitrogens with zero attached hydrogens (tertiary/aromatic N) is 1. The molecule has 2 amide bonds. The van der Waals surface area contributed by atoms with Crippen LogP contribution in [0.5, 0.6) is 11.5 Å². The maximum absolute atomic E-state index is 12.4. The van der Waals surface area contributed by atoms with Crippen LogP contribution in [0.2, 0.25) is 0 Å². The summed E-state index contributed by atoms with van der Waals surface area (Å²) < 4.78 is 10.6. The van der Waals surface area contributed by atoms with E-state index >= 15 is 0 Å². The zero-order valence-corrected chi connectivity index (χ0v) is 15.0. The lowest BCUT2D eigenvalue weighted by atomic mass is 10.2. The van der Waals surface area contributed by atoms with Gasteiger partial charge in [0.05, 0.1) is 0 Å². The van der Waals surface area contributed by atoms with Gasteiger partial charge in [0.1, 0.15) is 6.04 Å². The van der Waals surface area contributed by atoms with Gasteiger partial charge in [-0.2, -0.15) is 0 Å². The van der Waals surface area contributed by atoms with Gasteiger partial charge in [0.2, 0.25) is 18.6 Å². The van der Waals surface area contributed by atoms with E-state index in [2.05, 4.69) is 10.6 Å². The standard InChI is InChI=1S/C20H21N3O4/c1-13(20(25)22-15-6-9-17-18(11-15)27-12-26-17)21-14-4-7-16(8-5-14)23-10-2-3-19(23)24/h4-9,11,13,21H,2-3,10,12H2,1H3,(H,22,25)/t13-/m0/s1. The van der Waals surface area contributed by atoms with Crippen LogP contribution in [0.25, 0.3) is 0 Å². The van der Waals surface area contributed by atoms with E-state index < -0.39 is 6.04 Å². The highest BCUT2D eigenvalue weighted by Crippen LogP contribution is 2.34. The molecule has 0 saturated carbocycles. The fourth-order valence-corrected chi connectivity index (χ4v) is 3.20. The summed E-state index contributed by atoms with van der Waals surface area (Å²) in [6.45, 7) is 2.75. The minimum atomic E-state index is -0.435. The molecule has 1 fully saturated rings. The third kappa shape index (κ3) is 3.67. The van der Waals surface area contributed by atoms with Gasteiger partial charge in [0.25, 0.3) is 0 Å². The highest BCUT2D eigenvalue weighted by atomic mass is 16.7. The lowest BCUT2D eigenvalue weighted by molar-refractivity contribution is -0.117. The van der Waals surface area contributed by atoms with Crippen LogP contribution in [0.1, 0.15) is 19.8 Å². The highest BCUT2D eigenvalue weighted by molar-refractivity contribution is 5.97. The van der Waals surface area contributed by atoms with E-state index in [4.69, 9.17) is 9.47 Å². The Kier molecular flexibility index (Phi) is 4.58. The van der Waals surface area contributed by atoms with Crippen LogP contribution in [0.15, 0.2) is 42.5 Å². The molecule has 0 spiro atoms. The number of carbonyl (C=O) groups excluding carboxylic acids is 2. The zero-order valence-electron chi connectivity index (χ0n) is 15.0. The summed E-state index contributed by atoms with van der Waals surface area (Å²) in [5, 5.41) is 6.04. The van der Waals surface area contributed by atoms with Crippen molar-refractivity contribution in [1.82, 2.24) is 0 Å². The number of rotatable bonds is 5. The maximum atomic E-state index is 12.4. The van der Waals surface area contributed by atoms with Crippen molar-refractivity contribution in [2.45, 2.75) is 25.8 Å². The van der Waals surface area contributed by atoms with Gasteiger partial charge < -0.3 is 25.0 Å². The first-order chi connectivity index (χ1) is 13.1. The maximum Gasteiger partial charge on any atom is 0.246 e. The zero-order chi connectivity index (χ0) is 18.8. The van der Waals surface area contributed by atoms with Crippen LogP contribution in [-0.2, 0) is 9.59 Å². The lowest BCUT2D eigenvalue weighted by Gasteiger charge is -2.18. The number of carbonyl (C=O) groups is 2. The number of hydrogen-bond donors (Lipinski definition) is 2. The van der Waals surface area contributed by atoms with Crippen LogP contribution in [-0.4, -0.2) is 31.2 Å². The number of amides is 2. The monoisotopic (exact) mass is 367 g/mol. The van der Waals surface area contributed by atoms with E-state index in [9.17, 15) is 9.59 Å². The topological polar surface area (TPSA) is 79.9 Å². The number of nitrogens with one attached hydrogen (secondary N) is 2. The fraction of sp³-hybridized carbons (Fsp3) is 0.300. The van der Waals surface area contributed by atoms with Gasteiger partial charge in [0, 0.05) is 36.1 Å². The van der Waals surface area contributed by atoms with Crippen LogP contribution >= 0.6 is 0 Å². The van der Waals surface area contributed by atoms with Crippen LogP contribution in [0, 0.1) is 0 Å². The molecular weight excluding hydrogens is 346 g/mol. The summed E-state index contributed by atoms with van der Waals surface area (Å²) in [5.74, 6) is 1.30. The molecule has 0 unspecified atom stereocenters. The summed E-state index contributed by atoms with van der Waals surface area (Å²) in [7, 11) is 0. The van der Waals surface area contributed by atoms with Crippen molar-refractivity contribution in [1.29, 1.82) is 0 Å². The van der Waals surface area contributed by atoms with Gasteiger partial charge in [-0.15, -0.1) is 0 Å². The van der Waals surface area contributed by atoms with Gasteiger partial charge in [-0.25, -0.2) is 0 Å². The largest absolute Gasteiger partial charge is 0.454 e. The third-order valence-corrected chi connectivity index (χ3v) is 4.67. The Morgan fingerprint density at radius 2 is 1.81 bits per heavy atom. The fourth-order valence-electron chi connectivity index (χ4n) is 3.20. The van der Waals surface area contributed by atoms with Gasteiger partial charge >= 0.3 is 0 Å². The Balaban J connectivity index is 1.36. The molecule has 2 aromatic rings. The highest BCUT2D eigenvalue weighted by Gasteiger charge is 2.21. The quantitative estimate of drug-likeness (QED) is 0.849. The lowest BCUT2D eigenvalue weighted by Crippen LogP contribution is -2.31. The number of ether oxygens (including phenoxy) is 2. The van der Waals surface area contributed by atoms with Crippen LogP contribution in [0.3, 0.4) is 0 Å². The molecule has 0 bridgehead atoms. The molecule has 7 heteroatoms. The van der Waals surface area contributed by atoms with Crippen LogP contribution in [0.4, 0.5) is 17.1 Å². The van der Waals surface area contributed by atoms with Crippen molar-refractivity contribution in [2.24, 2.45) is 0 Å². The number of benzene rings is 2. The Bertz CT molecular complexity index is 866. The predicted octanol–water partition coefficient (Wildman–Crippen LogP) is 2.98. The van der Waals surface area contributed by atoms with Crippen LogP contribution < -0.4 is 25.0 Å². The molecule has 4 rings (SSSR count). The molecule has 27 heavy (non-hydrogen) atoms.